The standard InChI is InChI=1S/C13H13BrO5/c1-3-19-13(17)12(16)7-11(15)8-4-9(14)6-10(5-8)18-2/h4-7,15H,3H2,1-2H3. The van der Waals surface area contributed by atoms with Crippen LogP contribution in [0.5, 0.6) is 5.75 Å². The summed E-state index contributed by atoms with van der Waals surface area (Å²) >= 11 is 3.25. The summed E-state index contributed by atoms with van der Waals surface area (Å²) in [6, 6.07) is 4.83. The SMILES string of the molecule is CCOC(=O)C(=O)C=C(O)c1cc(Br)cc(OC)c1. The van der Waals surface area contributed by atoms with E-state index in [2.05, 4.69) is 20.7 Å². The van der Waals surface area contributed by atoms with E-state index in [1.807, 2.05) is 0 Å². The van der Waals surface area contributed by atoms with E-state index in [-0.39, 0.29) is 12.4 Å². The number of rotatable bonds is 5. The zero-order chi connectivity index (χ0) is 14.4. The summed E-state index contributed by atoms with van der Waals surface area (Å²) in [5.74, 6) is -1.75. The van der Waals surface area contributed by atoms with Gasteiger partial charge in [0.15, 0.2) is 0 Å². The maximum atomic E-state index is 11.4. The van der Waals surface area contributed by atoms with Gasteiger partial charge in [-0.1, -0.05) is 15.9 Å². The second-order valence-corrected chi connectivity index (χ2v) is 4.41. The molecular weight excluding hydrogens is 316 g/mol. The molecule has 6 heteroatoms. The van der Waals surface area contributed by atoms with Crippen molar-refractivity contribution in [2.45, 2.75) is 6.92 Å². The molecule has 0 bridgehead atoms. The number of aliphatic hydroxyl groups excluding tert-OH is 1. The topological polar surface area (TPSA) is 72.8 Å². The Balaban J connectivity index is 2.99. The first-order valence-electron chi connectivity index (χ1n) is 5.44. The van der Waals surface area contributed by atoms with E-state index in [1.165, 1.54) is 13.2 Å². The van der Waals surface area contributed by atoms with Gasteiger partial charge in [-0.3, -0.25) is 4.79 Å². The number of ether oxygens (including phenoxy) is 2. The highest BCUT2D eigenvalue weighted by atomic mass is 79.9. The van der Waals surface area contributed by atoms with E-state index < -0.39 is 11.8 Å². The lowest BCUT2D eigenvalue weighted by Gasteiger charge is -2.05. The molecule has 1 aromatic rings. The van der Waals surface area contributed by atoms with E-state index in [1.54, 1.807) is 19.1 Å². The minimum atomic E-state index is -1.00. The van der Waals surface area contributed by atoms with Crippen LogP contribution in [0, 0.1) is 0 Å². The summed E-state index contributed by atoms with van der Waals surface area (Å²) in [7, 11) is 1.48. The van der Waals surface area contributed by atoms with Crippen LogP contribution in [-0.4, -0.2) is 30.6 Å². The molecule has 0 aliphatic carbocycles. The van der Waals surface area contributed by atoms with Crippen LogP contribution in [0.4, 0.5) is 0 Å². The van der Waals surface area contributed by atoms with Gasteiger partial charge < -0.3 is 14.6 Å². The summed E-state index contributed by atoms with van der Waals surface area (Å²) in [4.78, 5) is 22.5. The van der Waals surface area contributed by atoms with Crippen molar-refractivity contribution in [2.75, 3.05) is 13.7 Å². The molecule has 0 spiro atoms. The third-order valence-corrected chi connectivity index (χ3v) is 2.61. The van der Waals surface area contributed by atoms with E-state index in [9.17, 15) is 14.7 Å². The van der Waals surface area contributed by atoms with Crippen LogP contribution in [0.1, 0.15) is 12.5 Å². The molecule has 0 amide bonds. The molecule has 1 N–H and O–H groups in total. The van der Waals surface area contributed by atoms with E-state index in [0.717, 1.165) is 6.08 Å². The molecule has 1 rings (SSSR count). The smallest absolute Gasteiger partial charge is 0.379 e. The second kappa shape index (κ2) is 6.94. The summed E-state index contributed by atoms with van der Waals surface area (Å²) in [5.41, 5.74) is 0.351. The first kappa shape index (κ1) is 15.2. The van der Waals surface area contributed by atoms with Gasteiger partial charge in [0, 0.05) is 16.1 Å². The number of methoxy groups -OCH3 is 1. The van der Waals surface area contributed by atoms with Crippen LogP contribution in [-0.2, 0) is 14.3 Å². The molecule has 0 aliphatic rings. The van der Waals surface area contributed by atoms with Crippen molar-refractivity contribution in [3.05, 3.63) is 34.3 Å². The first-order chi connectivity index (χ1) is 8.97. The summed E-state index contributed by atoms with van der Waals surface area (Å²) in [6.07, 6.45) is 0.819. The monoisotopic (exact) mass is 328 g/mol. The average Bonchev–Trinajstić information content (AvgIpc) is 2.38. The maximum absolute atomic E-state index is 11.4. The van der Waals surface area contributed by atoms with Crippen LogP contribution in [0.2, 0.25) is 0 Å². The Kier molecular flexibility index (Phi) is 5.57. The summed E-state index contributed by atoms with van der Waals surface area (Å²) < 4.78 is 10.2. The molecule has 0 saturated heterocycles. The molecule has 0 unspecified atom stereocenters. The Labute approximate surface area is 119 Å². The van der Waals surface area contributed by atoms with E-state index in [0.29, 0.717) is 15.8 Å². The zero-order valence-electron chi connectivity index (χ0n) is 10.5. The quantitative estimate of drug-likeness (QED) is 0.389. The number of benzene rings is 1. The normalized spacial score (nSPS) is 11.0. The van der Waals surface area contributed by atoms with E-state index >= 15 is 0 Å². The number of halogens is 1. The van der Waals surface area contributed by atoms with Gasteiger partial charge in [-0.2, -0.15) is 0 Å². The third kappa shape index (κ3) is 4.40. The number of carbonyl (C=O) groups is 2. The summed E-state index contributed by atoms with van der Waals surface area (Å²) in [6.45, 7) is 1.69. The van der Waals surface area contributed by atoms with Gasteiger partial charge >= 0.3 is 5.97 Å². The molecule has 5 nitrogen and oxygen atoms in total. The molecule has 19 heavy (non-hydrogen) atoms. The number of hydrogen-bond donors (Lipinski definition) is 1. The Bertz CT molecular complexity index is 522. The highest BCUT2D eigenvalue weighted by molar-refractivity contribution is 9.10. The Morgan fingerprint density at radius 1 is 1.37 bits per heavy atom. The largest absolute Gasteiger partial charge is 0.507 e. The Hall–Kier alpha value is -1.82. The first-order valence-corrected chi connectivity index (χ1v) is 6.24. The lowest BCUT2D eigenvalue weighted by Crippen LogP contribution is -2.15. The average molecular weight is 329 g/mol. The lowest BCUT2D eigenvalue weighted by molar-refractivity contribution is -0.151. The van der Waals surface area contributed by atoms with E-state index in [4.69, 9.17) is 4.74 Å². The lowest BCUT2D eigenvalue weighted by atomic mass is 10.1. The zero-order valence-corrected chi connectivity index (χ0v) is 12.1. The van der Waals surface area contributed by atoms with Crippen LogP contribution in [0.3, 0.4) is 0 Å². The molecule has 102 valence electrons. The van der Waals surface area contributed by atoms with Crippen LogP contribution in [0.15, 0.2) is 28.7 Å². The highest BCUT2D eigenvalue weighted by Crippen LogP contribution is 2.24. The fourth-order valence-corrected chi connectivity index (χ4v) is 1.77. The van der Waals surface area contributed by atoms with Crippen molar-refractivity contribution in [3.8, 4) is 5.75 Å². The maximum Gasteiger partial charge on any atom is 0.379 e. The summed E-state index contributed by atoms with van der Waals surface area (Å²) in [5, 5.41) is 9.81. The van der Waals surface area contributed by atoms with Crippen molar-refractivity contribution in [3.63, 3.8) is 0 Å². The molecule has 0 aromatic heterocycles. The Morgan fingerprint density at radius 2 is 2.05 bits per heavy atom. The number of hydrogen-bond acceptors (Lipinski definition) is 5. The minimum absolute atomic E-state index is 0.101. The van der Waals surface area contributed by atoms with Crippen molar-refractivity contribution >= 4 is 33.4 Å². The highest BCUT2D eigenvalue weighted by Gasteiger charge is 2.14. The van der Waals surface area contributed by atoms with Gasteiger partial charge in [0.1, 0.15) is 11.5 Å². The predicted octanol–water partition coefficient (Wildman–Crippen LogP) is 2.49. The molecule has 0 atom stereocenters. The van der Waals surface area contributed by atoms with Gasteiger partial charge in [-0.05, 0) is 25.1 Å². The van der Waals surface area contributed by atoms with Crippen LogP contribution < -0.4 is 4.74 Å². The number of carbonyl (C=O) groups excluding carboxylic acids is 2. The fourth-order valence-electron chi connectivity index (χ4n) is 1.30. The predicted molar refractivity (Wildman–Crippen MR) is 72.9 cm³/mol. The molecule has 0 radical (unpaired) electrons. The van der Waals surface area contributed by atoms with Crippen LogP contribution in [0.25, 0.3) is 5.76 Å². The molecule has 0 fully saturated rings. The number of ketones is 1. The van der Waals surface area contributed by atoms with Gasteiger partial charge in [-0.25, -0.2) is 4.79 Å². The minimum Gasteiger partial charge on any atom is -0.507 e. The van der Waals surface area contributed by atoms with Gasteiger partial charge in [0.05, 0.1) is 13.7 Å². The third-order valence-electron chi connectivity index (χ3n) is 2.15. The fraction of sp³-hybridized carbons (Fsp3) is 0.231. The van der Waals surface area contributed by atoms with Gasteiger partial charge in [0.25, 0.3) is 5.78 Å². The second-order valence-electron chi connectivity index (χ2n) is 3.49. The van der Waals surface area contributed by atoms with Gasteiger partial charge in [0.2, 0.25) is 0 Å². The molecule has 0 saturated carbocycles. The molecular formula is C13H13BrO5. The Morgan fingerprint density at radius 3 is 2.63 bits per heavy atom. The number of aliphatic hydroxyl groups is 1. The molecule has 1 aromatic carbocycles. The van der Waals surface area contributed by atoms with Crippen molar-refractivity contribution < 1.29 is 24.2 Å². The van der Waals surface area contributed by atoms with Crippen molar-refractivity contribution in [2.24, 2.45) is 0 Å². The van der Waals surface area contributed by atoms with Gasteiger partial charge in [-0.15, -0.1) is 0 Å². The number of esters is 1. The van der Waals surface area contributed by atoms with Crippen molar-refractivity contribution in [1.82, 2.24) is 0 Å². The molecule has 0 heterocycles. The van der Waals surface area contributed by atoms with Crippen molar-refractivity contribution in [1.29, 1.82) is 0 Å². The molecule has 0 aliphatic heterocycles. The van der Waals surface area contributed by atoms with Crippen LogP contribution >= 0.6 is 15.9 Å².